The Balaban J connectivity index is 1.14. The molecule has 0 atom stereocenters. The predicted octanol–water partition coefficient (Wildman–Crippen LogP) is 2.85. The van der Waals surface area contributed by atoms with E-state index >= 15 is 0 Å². The molecule has 200 valence electrons. The maximum atomic E-state index is 12.8. The van der Waals surface area contributed by atoms with Gasteiger partial charge in [0.05, 0.1) is 12.1 Å². The van der Waals surface area contributed by atoms with E-state index in [9.17, 15) is 9.59 Å². The van der Waals surface area contributed by atoms with Crippen molar-refractivity contribution in [2.45, 2.75) is 58.3 Å². The monoisotopic (exact) mass is 498 g/mol. The summed E-state index contributed by atoms with van der Waals surface area (Å²) in [6.07, 6.45) is 11.9. The minimum absolute atomic E-state index is 0.0234. The van der Waals surface area contributed by atoms with Crippen LogP contribution in [0.25, 0.3) is 0 Å². The van der Waals surface area contributed by atoms with Crippen LogP contribution in [0.2, 0.25) is 0 Å². The predicted molar refractivity (Wildman–Crippen MR) is 144 cm³/mol. The third kappa shape index (κ3) is 7.90. The number of hydrogen-bond donors (Lipinski definition) is 1. The quantitative estimate of drug-likeness (QED) is 0.500. The maximum absolute atomic E-state index is 12.8. The molecule has 1 aliphatic carbocycles. The van der Waals surface area contributed by atoms with Gasteiger partial charge in [-0.1, -0.05) is 39.0 Å². The molecule has 1 aromatic heterocycles. The molecule has 2 saturated heterocycles. The zero-order valence-electron chi connectivity index (χ0n) is 22.3. The van der Waals surface area contributed by atoms with Crippen LogP contribution in [0.1, 0.15) is 68.6 Å². The largest absolute Gasteiger partial charge is 0.354 e. The van der Waals surface area contributed by atoms with Crippen molar-refractivity contribution >= 4 is 17.6 Å². The van der Waals surface area contributed by atoms with Crippen molar-refractivity contribution in [1.82, 2.24) is 25.0 Å². The third-order valence-corrected chi connectivity index (χ3v) is 8.14. The molecule has 1 saturated carbocycles. The topological polar surface area (TPSA) is 72.0 Å². The molecule has 36 heavy (non-hydrogen) atoms. The summed E-state index contributed by atoms with van der Waals surface area (Å²) in [7, 11) is 0. The lowest BCUT2D eigenvalue weighted by Gasteiger charge is -2.38. The van der Waals surface area contributed by atoms with E-state index in [1.54, 1.807) is 6.20 Å². The molecule has 2 aliphatic heterocycles. The maximum Gasteiger partial charge on any atom is 0.252 e. The molecule has 3 aliphatic rings. The van der Waals surface area contributed by atoms with Gasteiger partial charge in [0.2, 0.25) is 5.91 Å². The first-order chi connectivity index (χ1) is 17.6. The highest BCUT2D eigenvalue weighted by molar-refractivity contribution is 5.94. The SMILES string of the molecule is CCCCCN1CCN(C(=O)CN2CCN(c3ccc(C(=O)NCC4CCCCC4)cn3)CC2)CC1. The average Bonchev–Trinajstić information content (AvgIpc) is 2.93. The van der Waals surface area contributed by atoms with Crippen LogP contribution < -0.4 is 10.2 Å². The average molecular weight is 499 g/mol. The Morgan fingerprint density at radius 1 is 0.917 bits per heavy atom. The fraction of sp³-hybridized carbons (Fsp3) is 0.750. The van der Waals surface area contributed by atoms with E-state index in [-0.39, 0.29) is 11.8 Å². The Bertz CT molecular complexity index is 810. The lowest BCUT2D eigenvalue weighted by atomic mass is 9.89. The number of carbonyl (C=O) groups is 2. The molecule has 1 aromatic rings. The highest BCUT2D eigenvalue weighted by Gasteiger charge is 2.25. The summed E-state index contributed by atoms with van der Waals surface area (Å²) in [5, 5.41) is 3.09. The molecule has 0 bridgehead atoms. The summed E-state index contributed by atoms with van der Waals surface area (Å²) < 4.78 is 0. The third-order valence-electron chi connectivity index (χ3n) is 8.14. The lowest BCUT2D eigenvalue weighted by Crippen LogP contribution is -2.54. The lowest BCUT2D eigenvalue weighted by molar-refractivity contribution is -0.134. The van der Waals surface area contributed by atoms with Crippen LogP contribution >= 0.6 is 0 Å². The van der Waals surface area contributed by atoms with Gasteiger partial charge >= 0.3 is 0 Å². The van der Waals surface area contributed by atoms with E-state index in [0.717, 1.165) is 71.3 Å². The molecule has 3 heterocycles. The zero-order chi connectivity index (χ0) is 25.2. The van der Waals surface area contributed by atoms with Gasteiger partial charge in [0.25, 0.3) is 5.91 Å². The second-order valence-corrected chi connectivity index (χ2v) is 10.8. The van der Waals surface area contributed by atoms with Crippen molar-refractivity contribution in [3.05, 3.63) is 23.9 Å². The minimum atomic E-state index is -0.0234. The van der Waals surface area contributed by atoms with E-state index < -0.39 is 0 Å². The van der Waals surface area contributed by atoms with Crippen LogP contribution in [0.15, 0.2) is 18.3 Å². The van der Waals surface area contributed by atoms with Gasteiger partial charge in [0.1, 0.15) is 5.82 Å². The summed E-state index contributed by atoms with van der Waals surface area (Å²) in [4.78, 5) is 39.0. The Morgan fingerprint density at radius 2 is 1.64 bits per heavy atom. The summed E-state index contributed by atoms with van der Waals surface area (Å²) in [6, 6.07) is 3.84. The standard InChI is InChI=1S/C28H46N6O2/c1-2-3-7-12-31-13-19-34(20-14-31)27(35)23-32-15-17-33(18-16-32)26-11-10-25(22-29-26)28(36)30-21-24-8-5-4-6-9-24/h10-11,22,24H,2-9,12-21,23H2,1H3,(H,30,36). The van der Waals surface area contributed by atoms with E-state index in [0.29, 0.717) is 18.0 Å². The summed E-state index contributed by atoms with van der Waals surface area (Å²) in [5.74, 6) is 1.77. The molecule has 0 spiro atoms. The second-order valence-electron chi connectivity index (χ2n) is 10.8. The fourth-order valence-electron chi connectivity index (χ4n) is 5.67. The first-order valence-electron chi connectivity index (χ1n) is 14.3. The number of anilines is 1. The second kappa shape index (κ2) is 13.9. The van der Waals surface area contributed by atoms with Crippen molar-refractivity contribution in [2.75, 3.05) is 76.9 Å². The van der Waals surface area contributed by atoms with Crippen molar-refractivity contribution in [1.29, 1.82) is 0 Å². The van der Waals surface area contributed by atoms with Crippen LogP contribution in [-0.2, 0) is 4.79 Å². The number of aromatic nitrogens is 1. The highest BCUT2D eigenvalue weighted by Crippen LogP contribution is 2.23. The number of nitrogens with one attached hydrogen (secondary N) is 1. The molecular formula is C28H46N6O2. The number of rotatable bonds is 10. The first kappa shape index (κ1) is 26.9. The minimum Gasteiger partial charge on any atom is -0.354 e. The van der Waals surface area contributed by atoms with Crippen LogP contribution in [0.5, 0.6) is 0 Å². The smallest absolute Gasteiger partial charge is 0.252 e. The normalized spacial score (nSPS) is 20.5. The molecule has 0 unspecified atom stereocenters. The van der Waals surface area contributed by atoms with Gasteiger partial charge in [-0.05, 0) is 43.9 Å². The Morgan fingerprint density at radius 3 is 2.31 bits per heavy atom. The number of piperazine rings is 2. The van der Waals surface area contributed by atoms with E-state index in [2.05, 4.69) is 31.9 Å². The molecule has 4 rings (SSSR count). The summed E-state index contributed by atoms with van der Waals surface area (Å²) in [5.41, 5.74) is 0.629. The van der Waals surface area contributed by atoms with Gasteiger partial charge in [-0.15, -0.1) is 0 Å². The van der Waals surface area contributed by atoms with Crippen molar-refractivity contribution in [2.24, 2.45) is 5.92 Å². The van der Waals surface area contributed by atoms with Gasteiger partial charge in [-0.3, -0.25) is 19.4 Å². The van der Waals surface area contributed by atoms with Crippen molar-refractivity contribution in [3.63, 3.8) is 0 Å². The molecule has 2 amide bonds. The molecule has 3 fully saturated rings. The molecular weight excluding hydrogens is 452 g/mol. The van der Waals surface area contributed by atoms with Crippen LogP contribution in [0.4, 0.5) is 5.82 Å². The van der Waals surface area contributed by atoms with E-state index in [4.69, 9.17) is 0 Å². The summed E-state index contributed by atoms with van der Waals surface area (Å²) in [6.45, 7) is 11.8. The number of pyridine rings is 1. The van der Waals surface area contributed by atoms with Crippen LogP contribution in [-0.4, -0.2) is 103 Å². The molecule has 0 aromatic carbocycles. The number of unbranched alkanes of at least 4 members (excludes halogenated alkanes) is 2. The number of amides is 2. The van der Waals surface area contributed by atoms with Crippen molar-refractivity contribution in [3.8, 4) is 0 Å². The van der Waals surface area contributed by atoms with E-state index in [1.807, 2.05) is 17.0 Å². The Hall–Kier alpha value is -2.19. The van der Waals surface area contributed by atoms with Gasteiger partial charge in [0.15, 0.2) is 0 Å². The summed E-state index contributed by atoms with van der Waals surface area (Å²) >= 11 is 0. The zero-order valence-corrected chi connectivity index (χ0v) is 22.3. The number of hydrogen-bond acceptors (Lipinski definition) is 6. The highest BCUT2D eigenvalue weighted by atomic mass is 16.2. The molecule has 8 nitrogen and oxygen atoms in total. The van der Waals surface area contributed by atoms with Crippen LogP contribution in [0.3, 0.4) is 0 Å². The van der Waals surface area contributed by atoms with Gasteiger partial charge < -0.3 is 15.1 Å². The van der Waals surface area contributed by atoms with Crippen molar-refractivity contribution < 1.29 is 9.59 Å². The van der Waals surface area contributed by atoms with Gasteiger partial charge in [0, 0.05) is 65.1 Å². The van der Waals surface area contributed by atoms with Gasteiger partial charge in [-0.25, -0.2) is 4.98 Å². The molecule has 1 N–H and O–H groups in total. The van der Waals surface area contributed by atoms with Gasteiger partial charge in [-0.2, -0.15) is 0 Å². The molecule has 0 radical (unpaired) electrons. The first-order valence-corrected chi connectivity index (χ1v) is 14.3. The Kier molecular flexibility index (Phi) is 10.4. The fourth-order valence-corrected chi connectivity index (χ4v) is 5.67. The van der Waals surface area contributed by atoms with Crippen LogP contribution in [0, 0.1) is 5.92 Å². The number of nitrogens with zero attached hydrogens (tertiary/aromatic N) is 5. The Labute approximate surface area is 217 Å². The molecule has 8 heteroatoms. The number of carbonyl (C=O) groups excluding carboxylic acids is 2. The van der Waals surface area contributed by atoms with E-state index in [1.165, 1.54) is 51.4 Å².